The number of rotatable bonds is 1. The van der Waals surface area contributed by atoms with E-state index in [4.69, 9.17) is 4.98 Å². The standard InChI is InChI=1S/C17H19N3/c1-10-8-11(2)16(12(3)9-10)17-18-14(5)15-7-6-13(4)19-20(15)17/h6-9H,1-5H3. The van der Waals surface area contributed by atoms with Gasteiger partial charge in [0.05, 0.1) is 16.9 Å². The molecule has 1 aromatic carbocycles. The van der Waals surface area contributed by atoms with Crippen molar-refractivity contribution in [2.24, 2.45) is 0 Å². The van der Waals surface area contributed by atoms with Crippen LogP contribution in [0, 0.1) is 34.6 Å². The lowest BCUT2D eigenvalue weighted by Crippen LogP contribution is -1.99. The Morgan fingerprint density at radius 1 is 0.900 bits per heavy atom. The molecule has 0 N–H and O–H groups in total. The number of imidazole rings is 1. The van der Waals surface area contributed by atoms with Crippen molar-refractivity contribution in [1.29, 1.82) is 0 Å². The Hall–Kier alpha value is -2.16. The zero-order valence-corrected chi connectivity index (χ0v) is 12.7. The van der Waals surface area contributed by atoms with Crippen molar-refractivity contribution in [1.82, 2.24) is 14.6 Å². The van der Waals surface area contributed by atoms with Crippen molar-refractivity contribution in [3.8, 4) is 11.4 Å². The minimum absolute atomic E-state index is 0.941. The summed E-state index contributed by atoms with van der Waals surface area (Å²) >= 11 is 0. The second-order valence-corrected chi connectivity index (χ2v) is 5.57. The first-order chi connectivity index (χ1) is 9.47. The van der Waals surface area contributed by atoms with Gasteiger partial charge in [0, 0.05) is 5.56 Å². The number of aryl methyl sites for hydroxylation is 5. The summed E-state index contributed by atoms with van der Waals surface area (Å²) in [7, 11) is 0. The third kappa shape index (κ3) is 1.90. The van der Waals surface area contributed by atoms with Crippen molar-refractivity contribution in [2.45, 2.75) is 34.6 Å². The summed E-state index contributed by atoms with van der Waals surface area (Å²) in [5.74, 6) is 0.941. The molecule has 0 bridgehead atoms. The predicted octanol–water partition coefficient (Wildman–Crippen LogP) is 3.94. The van der Waals surface area contributed by atoms with E-state index in [1.54, 1.807) is 0 Å². The molecule has 2 heterocycles. The molecule has 0 radical (unpaired) electrons. The maximum atomic E-state index is 4.75. The highest BCUT2D eigenvalue weighted by Gasteiger charge is 2.15. The van der Waals surface area contributed by atoms with Crippen LogP contribution in [0.15, 0.2) is 24.3 Å². The molecule has 0 spiro atoms. The van der Waals surface area contributed by atoms with Gasteiger partial charge in [0.2, 0.25) is 0 Å². The Balaban J connectivity index is 2.38. The van der Waals surface area contributed by atoms with E-state index in [1.165, 1.54) is 22.3 Å². The van der Waals surface area contributed by atoms with Crippen LogP contribution in [0.2, 0.25) is 0 Å². The second kappa shape index (κ2) is 4.44. The molecular weight excluding hydrogens is 246 g/mol. The molecule has 0 unspecified atom stereocenters. The van der Waals surface area contributed by atoms with Crippen molar-refractivity contribution in [3.05, 3.63) is 52.3 Å². The molecule has 0 aliphatic carbocycles. The first kappa shape index (κ1) is 12.9. The van der Waals surface area contributed by atoms with Gasteiger partial charge in [0.15, 0.2) is 5.82 Å². The van der Waals surface area contributed by atoms with Crippen molar-refractivity contribution in [3.63, 3.8) is 0 Å². The van der Waals surface area contributed by atoms with Gasteiger partial charge in [-0.15, -0.1) is 0 Å². The van der Waals surface area contributed by atoms with Crippen molar-refractivity contribution < 1.29 is 0 Å². The summed E-state index contributed by atoms with van der Waals surface area (Å²) in [6.07, 6.45) is 0. The van der Waals surface area contributed by atoms with E-state index >= 15 is 0 Å². The summed E-state index contributed by atoms with van der Waals surface area (Å²) in [4.78, 5) is 4.75. The number of nitrogens with zero attached hydrogens (tertiary/aromatic N) is 3. The Morgan fingerprint density at radius 3 is 2.20 bits per heavy atom. The van der Waals surface area contributed by atoms with Crippen molar-refractivity contribution in [2.75, 3.05) is 0 Å². The Morgan fingerprint density at radius 2 is 1.55 bits per heavy atom. The molecule has 3 aromatic rings. The van der Waals surface area contributed by atoms with Crippen LogP contribution in [0.25, 0.3) is 16.9 Å². The van der Waals surface area contributed by atoms with Crippen LogP contribution in [-0.2, 0) is 0 Å². The molecule has 0 amide bonds. The molecule has 20 heavy (non-hydrogen) atoms. The summed E-state index contributed by atoms with van der Waals surface area (Å²) in [6.45, 7) is 10.5. The topological polar surface area (TPSA) is 30.2 Å². The molecule has 3 rings (SSSR count). The smallest absolute Gasteiger partial charge is 0.162 e. The van der Waals surface area contributed by atoms with Crippen LogP contribution >= 0.6 is 0 Å². The Labute approximate surface area is 119 Å². The van der Waals surface area contributed by atoms with Gasteiger partial charge in [-0.25, -0.2) is 9.50 Å². The third-order valence-electron chi connectivity index (χ3n) is 3.71. The summed E-state index contributed by atoms with van der Waals surface area (Å²) < 4.78 is 1.97. The number of hydrogen-bond acceptors (Lipinski definition) is 2. The van der Waals surface area contributed by atoms with Gasteiger partial charge in [-0.2, -0.15) is 5.10 Å². The van der Waals surface area contributed by atoms with Gasteiger partial charge in [0.1, 0.15) is 0 Å². The number of benzene rings is 1. The highest BCUT2D eigenvalue weighted by Crippen LogP contribution is 2.29. The zero-order chi connectivity index (χ0) is 14.4. The average molecular weight is 265 g/mol. The largest absolute Gasteiger partial charge is 0.231 e. The van der Waals surface area contributed by atoms with Crippen LogP contribution in [0.4, 0.5) is 0 Å². The van der Waals surface area contributed by atoms with E-state index in [1.807, 2.05) is 24.4 Å². The predicted molar refractivity (Wildman–Crippen MR) is 82.1 cm³/mol. The SMILES string of the molecule is Cc1cc(C)c(-c2nc(C)c3ccc(C)nn23)c(C)c1. The molecule has 2 aromatic heterocycles. The maximum Gasteiger partial charge on any atom is 0.162 e. The van der Waals surface area contributed by atoms with Crippen molar-refractivity contribution >= 4 is 5.52 Å². The minimum atomic E-state index is 0.941. The number of fused-ring (bicyclic) bond motifs is 1. The lowest BCUT2D eigenvalue weighted by atomic mass is 9.99. The molecule has 0 aliphatic heterocycles. The molecule has 102 valence electrons. The van der Waals surface area contributed by atoms with Gasteiger partial charge in [-0.3, -0.25) is 0 Å². The fraction of sp³-hybridized carbons (Fsp3) is 0.294. The van der Waals surface area contributed by atoms with Gasteiger partial charge in [0.25, 0.3) is 0 Å². The molecule has 3 nitrogen and oxygen atoms in total. The molecule has 0 saturated carbocycles. The van der Waals surface area contributed by atoms with Crippen LogP contribution in [0.1, 0.15) is 28.1 Å². The van der Waals surface area contributed by atoms with Gasteiger partial charge >= 0.3 is 0 Å². The molecule has 0 fully saturated rings. The van der Waals surface area contributed by atoms with E-state index in [-0.39, 0.29) is 0 Å². The number of aromatic nitrogens is 3. The quantitative estimate of drug-likeness (QED) is 0.667. The highest BCUT2D eigenvalue weighted by atomic mass is 15.3. The zero-order valence-electron chi connectivity index (χ0n) is 12.7. The van der Waals surface area contributed by atoms with Gasteiger partial charge < -0.3 is 0 Å². The lowest BCUT2D eigenvalue weighted by Gasteiger charge is -2.10. The second-order valence-electron chi connectivity index (χ2n) is 5.57. The first-order valence-electron chi connectivity index (χ1n) is 6.88. The van der Waals surface area contributed by atoms with Crippen LogP contribution in [0.3, 0.4) is 0 Å². The average Bonchev–Trinajstić information content (AvgIpc) is 2.65. The van der Waals surface area contributed by atoms with E-state index < -0.39 is 0 Å². The molecular formula is C17H19N3. The summed E-state index contributed by atoms with van der Waals surface area (Å²) in [6, 6.07) is 8.53. The van der Waals surface area contributed by atoms with E-state index in [0.29, 0.717) is 0 Å². The molecule has 0 atom stereocenters. The molecule has 0 saturated heterocycles. The monoisotopic (exact) mass is 265 g/mol. The Kier molecular flexibility index (Phi) is 2.85. The van der Waals surface area contributed by atoms with E-state index in [0.717, 1.165) is 22.7 Å². The molecule has 0 aliphatic rings. The molecule has 3 heteroatoms. The first-order valence-corrected chi connectivity index (χ1v) is 6.88. The summed E-state index contributed by atoms with van der Waals surface area (Å²) in [5.41, 5.74) is 8.06. The third-order valence-corrected chi connectivity index (χ3v) is 3.71. The van der Waals surface area contributed by atoms with Crippen LogP contribution < -0.4 is 0 Å². The fourth-order valence-electron chi connectivity index (χ4n) is 2.91. The van der Waals surface area contributed by atoms with Gasteiger partial charge in [-0.05, 0) is 57.9 Å². The van der Waals surface area contributed by atoms with Crippen LogP contribution in [0.5, 0.6) is 0 Å². The fourth-order valence-corrected chi connectivity index (χ4v) is 2.91. The Bertz CT molecular complexity index is 789. The minimum Gasteiger partial charge on any atom is -0.231 e. The van der Waals surface area contributed by atoms with E-state index in [2.05, 4.69) is 44.1 Å². The van der Waals surface area contributed by atoms with E-state index in [9.17, 15) is 0 Å². The van der Waals surface area contributed by atoms with Crippen LogP contribution in [-0.4, -0.2) is 14.6 Å². The normalized spacial score (nSPS) is 11.2. The maximum absolute atomic E-state index is 4.75. The lowest BCUT2D eigenvalue weighted by molar-refractivity contribution is 0.900. The highest BCUT2D eigenvalue weighted by molar-refractivity contribution is 5.70. The number of hydrogen-bond donors (Lipinski definition) is 0. The van der Waals surface area contributed by atoms with Gasteiger partial charge in [-0.1, -0.05) is 17.7 Å². The summed E-state index contributed by atoms with van der Waals surface area (Å²) in [5, 5.41) is 4.63.